The minimum absolute atomic E-state index is 0.0334. The number of hydrogen-bond acceptors (Lipinski definition) is 6. The molecule has 0 bridgehead atoms. The Morgan fingerprint density at radius 3 is 1.84 bits per heavy atom. The summed E-state index contributed by atoms with van der Waals surface area (Å²) in [5, 5.41) is 2.44. The molecule has 3 aromatic carbocycles. The Balaban J connectivity index is 2.22. The molecular formula is C25H24O6. The second kappa shape index (κ2) is 10.3. The molecule has 0 heterocycles. The fourth-order valence-electron chi connectivity index (χ4n) is 3.29. The van der Waals surface area contributed by atoms with Crippen LogP contribution in [0.5, 0.6) is 11.5 Å². The van der Waals surface area contributed by atoms with Gasteiger partial charge in [0.25, 0.3) is 0 Å². The van der Waals surface area contributed by atoms with Gasteiger partial charge in [-0.3, -0.25) is 0 Å². The van der Waals surface area contributed by atoms with Gasteiger partial charge in [-0.25, -0.2) is 9.59 Å². The smallest absolute Gasteiger partial charge is 0.430 e. The van der Waals surface area contributed by atoms with Gasteiger partial charge in [0.15, 0.2) is 0 Å². The zero-order valence-corrected chi connectivity index (χ0v) is 17.4. The second-order valence-electron chi connectivity index (χ2n) is 6.74. The summed E-state index contributed by atoms with van der Waals surface area (Å²) in [4.78, 5) is 24.4. The average Bonchev–Trinajstić information content (AvgIpc) is 2.78. The average molecular weight is 420 g/mol. The first-order valence-electron chi connectivity index (χ1n) is 9.97. The Labute approximate surface area is 180 Å². The third-order valence-electron chi connectivity index (χ3n) is 4.54. The Hall–Kier alpha value is -3.80. The van der Waals surface area contributed by atoms with Crippen LogP contribution in [0, 0.1) is 0 Å². The van der Waals surface area contributed by atoms with E-state index >= 15 is 0 Å². The van der Waals surface area contributed by atoms with Crippen LogP contribution < -0.4 is 9.47 Å². The number of rotatable bonds is 8. The van der Waals surface area contributed by atoms with E-state index in [1.807, 2.05) is 24.3 Å². The van der Waals surface area contributed by atoms with Crippen LogP contribution in [0.3, 0.4) is 0 Å². The molecule has 0 aliphatic heterocycles. The van der Waals surface area contributed by atoms with Gasteiger partial charge < -0.3 is 18.9 Å². The van der Waals surface area contributed by atoms with Crippen molar-refractivity contribution in [2.24, 2.45) is 0 Å². The highest BCUT2D eigenvalue weighted by atomic mass is 16.7. The van der Waals surface area contributed by atoms with Gasteiger partial charge in [0.05, 0.1) is 0 Å². The monoisotopic (exact) mass is 420 g/mol. The third kappa shape index (κ3) is 5.04. The summed E-state index contributed by atoms with van der Waals surface area (Å²) in [6, 6.07) is 12.9. The molecular weight excluding hydrogens is 396 g/mol. The van der Waals surface area contributed by atoms with Crippen molar-refractivity contribution in [3.05, 3.63) is 73.3 Å². The minimum Gasteiger partial charge on any atom is -0.430 e. The van der Waals surface area contributed by atoms with Crippen LogP contribution in [0.4, 0.5) is 9.59 Å². The number of carbonyl (C=O) groups is 2. The van der Waals surface area contributed by atoms with E-state index < -0.39 is 12.3 Å². The molecule has 0 N–H and O–H groups in total. The van der Waals surface area contributed by atoms with Gasteiger partial charge >= 0.3 is 12.3 Å². The van der Waals surface area contributed by atoms with Gasteiger partial charge in [0.1, 0.15) is 24.7 Å². The van der Waals surface area contributed by atoms with Crippen LogP contribution >= 0.6 is 0 Å². The summed E-state index contributed by atoms with van der Waals surface area (Å²) < 4.78 is 21.2. The van der Waals surface area contributed by atoms with Gasteiger partial charge in [-0.1, -0.05) is 75.1 Å². The molecule has 0 atom stereocenters. The van der Waals surface area contributed by atoms with Gasteiger partial charge in [-0.15, -0.1) is 0 Å². The van der Waals surface area contributed by atoms with E-state index in [4.69, 9.17) is 18.9 Å². The fraction of sp³-hybridized carbons (Fsp3) is 0.200. The molecule has 0 amide bonds. The molecule has 6 nitrogen and oxygen atoms in total. The molecule has 0 unspecified atom stereocenters. The summed E-state index contributed by atoms with van der Waals surface area (Å²) >= 11 is 0. The van der Waals surface area contributed by atoms with Gasteiger partial charge in [0.2, 0.25) is 0 Å². The molecule has 3 rings (SSSR count). The van der Waals surface area contributed by atoms with Crippen molar-refractivity contribution in [3.8, 4) is 11.5 Å². The number of aryl methyl sites for hydroxylation is 1. The van der Waals surface area contributed by atoms with Crippen LogP contribution in [0.1, 0.15) is 18.9 Å². The molecule has 0 aromatic heterocycles. The zero-order valence-electron chi connectivity index (χ0n) is 17.4. The number of carbonyl (C=O) groups excluding carboxylic acids is 2. The Morgan fingerprint density at radius 1 is 0.806 bits per heavy atom. The molecule has 6 heteroatoms. The normalized spacial score (nSPS) is 10.5. The highest BCUT2D eigenvalue weighted by Crippen LogP contribution is 2.43. The first kappa shape index (κ1) is 21.9. The zero-order chi connectivity index (χ0) is 22.2. The Kier molecular flexibility index (Phi) is 7.27. The lowest BCUT2D eigenvalue weighted by atomic mass is 9.97. The quantitative estimate of drug-likeness (QED) is 0.183. The van der Waals surface area contributed by atoms with Crippen LogP contribution in [-0.4, -0.2) is 25.5 Å². The molecule has 160 valence electrons. The topological polar surface area (TPSA) is 71.1 Å². The summed E-state index contributed by atoms with van der Waals surface area (Å²) in [6.07, 6.45) is 3.03. The molecule has 3 aromatic rings. The predicted molar refractivity (Wildman–Crippen MR) is 120 cm³/mol. The van der Waals surface area contributed by atoms with Crippen molar-refractivity contribution in [2.45, 2.75) is 19.8 Å². The van der Waals surface area contributed by atoms with Gasteiger partial charge in [-0.05, 0) is 18.1 Å². The van der Waals surface area contributed by atoms with E-state index in [9.17, 15) is 9.59 Å². The maximum Gasteiger partial charge on any atom is 0.514 e. The van der Waals surface area contributed by atoms with E-state index in [1.165, 1.54) is 12.2 Å². The van der Waals surface area contributed by atoms with Crippen molar-refractivity contribution < 1.29 is 28.5 Å². The number of fused-ring (bicyclic) bond motifs is 2. The molecule has 31 heavy (non-hydrogen) atoms. The lowest BCUT2D eigenvalue weighted by Gasteiger charge is -2.16. The molecule has 0 saturated carbocycles. The molecule has 0 aliphatic rings. The molecule has 0 aliphatic carbocycles. The first-order chi connectivity index (χ1) is 15.1. The molecule has 0 spiro atoms. The van der Waals surface area contributed by atoms with Crippen molar-refractivity contribution in [1.29, 1.82) is 0 Å². The largest absolute Gasteiger partial charge is 0.514 e. The summed E-state index contributed by atoms with van der Waals surface area (Å²) in [5.74, 6) is 0.666. The number of ether oxygens (including phenoxy) is 4. The van der Waals surface area contributed by atoms with Gasteiger partial charge in [-0.2, -0.15) is 0 Å². The minimum atomic E-state index is -0.844. The fourth-order valence-corrected chi connectivity index (χ4v) is 3.29. The van der Waals surface area contributed by atoms with Crippen LogP contribution in [-0.2, 0) is 15.9 Å². The predicted octanol–water partition coefficient (Wildman–Crippen LogP) is 6.35. The SMILES string of the molecule is C=CCOC(=O)Oc1c2ccccc2c(OC(=O)OCC=C)c2cc(CCC)ccc12. The maximum absolute atomic E-state index is 12.2. The van der Waals surface area contributed by atoms with Crippen LogP contribution in [0.25, 0.3) is 21.5 Å². The first-order valence-corrected chi connectivity index (χ1v) is 9.97. The summed E-state index contributed by atoms with van der Waals surface area (Å²) in [7, 11) is 0. The van der Waals surface area contributed by atoms with E-state index in [1.54, 1.807) is 18.2 Å². The number of hydrogen-bond donors (Lipinski definition) is 0. The summed E-state index contributed by atoms with van der Waals surface area (Å²) in [5.41, 5.74) is 1.06. The van der Waals surface area contributed by atoms with Crippen LogP contribution in [0.2, 0.25) is 0 Å². The molecule has 0 radical (unpaired) electrons. The molecule has 0 saturated heterocycles. The second-order valence-corrected chi connectivity index (χ2v) is 6.74. The lowest BCUT2D eigenvalue weighted by Crippen LogP contribution is -2.13. The standard InChI is InChI=1S/C25H24O6/c1-4-9-17-12-13-20-21(16-17)23(31-25(27)29-15-6-3)19-11-8-7-10-18(19)22(20)30-24(26)28-14-5-2/h5-8,10-13,16H,2-4,9,14-15H2,1H3. The van der Waals surface area contributed by atoms with E-state index in [-0.39, 0.29) is 13.2 Å². The Bertz CT molecular complexity index is 1130. The van der Waals surface area contributed by atoms with Crippen molar-refractivity contribution in [1.82, 2.24) is 0 Å². The van der Waals surface area contributed by atoms with Crippen molar-refractivity contribution >= 4 is 33.9 Å². The van der Waals surface area contributed by atoms with Crippen molar-refractivity contribution in [2.75, 3.05) is 13.2 Å². The van der Waals surface area contributed by atoms with Crippen LogP contribution in [0.15, 0.2) is 67.8 Å². The lowest BCUT2D eigenvalue weighted by molar-refractivity contribution is 0.109. The maximum atomic E-state index is 12.2. The van der Waals surface area contributed by atoms with E-state index in [0.29, 0.717) is 33.0 Å². The highest BCUT2D eigenvalue weighted by molar-refractivity contribution is 6.12. The highest BCUT2D eigenvalue weighted by Gasteiger charge is 2.21. The van der Waals surface area contributed by atoms with Crippen molar-refractivity contribution in [3.63, 3.8) is 0 Å². The molecule has 0 fully saturated rings. The van der Waals surface area contributed by atoms with E-state index in [2.05, 4.69) is 20.1 Å². The van der Waals surface area contributed by atoms with Gasteiger partial charge in [0, 0.05) is 21.5 Å². The Morgan fingerprint density at radius 2 is 1.32 bits per heavy atom. The number of benzene rings is 3. The third-order valence-corrected chi connectivity index (χ3v) is 4.54. The van der Waals surface area contributed by atoms with E-state index in [0.717, 1.165) is 18.4 Å². The summed E-state index contributed by atoms with van der Waals surface area (Å²) in [6.45, 7) is 9.21.